The zero-order chi connectivity index (χ0) is 8.27. The number of benzene rings is 1. The Bertz CT molecular complexity index is 320. The lowest BCUT2D eigenvalue weighted by Gasteiger charge is -1.95. The van der Waals surface area contributed by atoms with Crippen molar-refractivity contribution in [1.29, 1.82) is 0 Å². The molecule has 0 fully saturated rings. The third kappa shape index (κ3) is 1.85. The van der Waals surface area contributed by atoms with Crippen molar-refractivity contribution in [2.75, 3.05) is 0 Å². The summed E-state index contributed by atoms with van der Waals surface area (Å²) in [6.07, 6.45) is 1.36. The fourth-order valence-electron chi connectivity index (χ4n) is 0.628. The Hall–Kier alpha value is -0.740. The lowest BCUT2D eigenvalue weighted by molar-refractivity contribution is 0.565. The molecule has 0 aliphatic heterocycles. The second-order valence-corrected chi connectivity index (χ2v) is 2.85. The van der Waals surface area contributed by atoms with Crippen LogP contribution in [-0.2, 0) is 4.79 Å². The Morgan fingerprint density at radius 1 is 1.55 bits per heavy atom. The number of aliphatic imine (C=N–C) groups is 1. The zero-order valence-corrected chi connectivity index (χ0v) is 7.50. The number of hydrogen-bond donors (Lipinski definition) is 0. The van der Waals surface area contributed by atoms with Gasteiger partial charge in [-0.15, -0.1) is 0 Å². The molecule has 0 heterocycles. The quantitative estimate of drug-likeness (QED) is 0.434. The van der Waals surface area contributed by atoms with Crippen molar-refractivity contribution in [3.63, 3.8) is 0 Å². The van der Waals surface area contributed by atoms with Crippen molar-refractivity contribution in [3.8, 4) is 0 Å². The summed E-state index contributed by atoms with van der Waals surface area (Å²) in [4.78, 5) is 13.1. The Balaban J connectivity index is 3.26. The summed E-state index contributed by atoms with van der Waals surface area (Å²) in [5.74, 6) is -0.373. The Kier molecular flexibility index (Phi) is 2.73. The van der Waals surface area contributed by atoms with Crippen LogP contribution in [0.5, 0.6) is 0 Å². The Morgan fingerprint density at radius 3 is 2.91 bits per heavy atom. The lowest BCUT2D eigenvalue weighted by Crippen LogP contribution is -1.79. The minimum absolute atomic E-state index is 0.320. The SMILES string of the molecule is O=C=Nc1cccc(F)c1I. The standard InChI is InChI=1S/C7H3FINO/c8-5-2-1-3-6(7(5)9)10-4-11/h1-3H. The van der Waals surface area contributed by atoms with Crippen LogP contribution >= 0.6 is 22.6 Å². The van der Waals surface area contributed by atoms with Crippen LogP contribution < -0.4 is 0 Å². The van der Waals surface area contributed by atoms with Crippen LogP contribution in [0.25, 0.3) is 0 Å². The summed E-state index contributed by atoms with van der Waals surface area (Å²) < 4.78 is 13.0. The highest BCUT2D eigenvalue weighted by atomic mass is 127. The first-order valence-corrected chi connectivity index (χ1v) is 3.85. The van der Waals surface area contributed by atoms with E-state index in [2.05, 4.69) is 4.99 Å². The molecular weight excluding hydrogens is 260 g/mol. The average Bonchev–Trinajstić information content (AvgIpc) is 1.99. The van der Waals surface area contributed by atoms with E-state index >= 15 is 0 Å². The molecule has 0 saturated carbocycles. The molecule has 0 bridgehead atoms. The highest BCUT2D eigenvalue weighted by Crippen LogP contribution is 2.22. The van der Waals surface area contributed by atoms with Crippen LogP contribution in [0.2, 0.25) is 0 Å². The molecule has 0 radical (unpaired) electrons. The molecule has 0 aromatic heterocycles. The van der Waals surface area contributed by atoms with E-state index in [0.717, 1.165) is 0 Å². The van der Waals surface area contributed by atoms with Gasteiger partial charge >= 0.3 is 0 Å². The fraction of sp³-hybridized carbons (Fsp3) is 0. The molecular formula is C7H3FINO. The smallest absolute Gasteiger partial charge is 0.211 e. The molecule has 56 valence electrons. The molecule has 1 aromatic carbocycles. The van der Waals surface area contributed by atoms with Crippen molar-refractivity contribution < 1.29 is 9.18 Å². The number of carbonyl (C=O) groups excluding carboxylic acids is 1. The van der Waals surface area contributed by atoms with Gasteiger partial charge < -0.3 is 0 Å². The molecule has 0 aliphatic carbocycles. The highest BCUT2D eigenvalue weighted by Gasteiger charge is 2.02. The molecule has 1 aromatic rings. The van der Waals surface area contributed by atoms with E-state index < -0.39 is 0 Å². The predicted molar refractivity (Wildman–Crippen MR) is 46.9 cm³/mol. The lowest BCUT2D eigenvalue weighted by atomic mass is 10.3. The maximum Gasteiger partial charge on any atom is 0.240 e. The van der Waals surface area contributed by atoms with Gasteiger partial charge in [0.05, 0.1) is 9.26 Å². The molecule has 0 N–H and O–H groups in total. The fourth-order valence-corrected chi connectivity index (χ4v) is 1.11. The Morgan fingerprint density at radius 2 is 2.27 bits per heavy atom. The van der Waals surface area contributed by atoms with Crippen molar-refractivity contribution in [3.05, 3.63) is 27.6 Å². The number of halogens is 2. The van der Waals surface area contributed by atoms with E-state index in [1.165, 1.54) is 18.2 Å². The van der Waals surface area contributed by atoms with Gasteiger partial charge in [0.2, 0.25) is 6.08 Å². The molecule has 0 unspecified atom stereocenters. The normalized spacial score (nSPS) is 8.91. The molecule has 1 rings (SSSR count). The van der Waals surface area contributed by atoms with Gasteiger partial charge in [0.15, 0.2) is 0 Å². The van der Waals surface area contributed by atoms with Crippen molar-refractivity contribution in [2.45, 2.75) is 0 Å². The molecule has 2 nitrogen and oxygen atoms in total. The van der Waals surface area contributed by atoms with Gasteiger partial charge in [0.1, 0.15) is 5.82 Å². The van der Waals surface area contributed by atoms with Crippen LogP contribution in [0, 0.1) is 9.39 Å². The van der Waals surface area contributed by atoms with Crippen molar-refractivity contribution in [1.82, 2.24) is 0 Å². The van der Waals surface area contributed by atoms with Crippen LogP contribution in [0.15, 0.2) is 23.2 Å². The molecule has 0 amide bonds. The van der Waals surface area contributed by atoms with Gasteiger partial charge in [-0.05, 0) is 34.7 Å². The number of rotatable bonds is 1. The van der Waals surface area contributed by atoms with E-state index in [9.17, 15) is 9.18 Å². The third-order valence-electron chi connectivity index (χ3n) is 1.10. The van der Waals surface area contributed by atoms with E-state index in [1.807, 2.05) is 0 Å². The summed E-state index contributed by atoms with van der Waals surface area (Å²) in [6, 6.07) is 4.36. The maximum absolute atomic E-state index is 12.7. The number of isocyanates is 1. The Labute approximate surface area is 76.3 Å². The van der Waals surface area contributed by atoms with Crippen LogP contribution in [0.4, 0.5) is 10.1 Å². The third-order valence-corrected chi connectivity index (χ3v) is 2.17. The van der Waals surface area contributed by atoms with Crippen LogP contribution in [-0.4, -0.2) is 6.08 Å². The summed E-state index contributed by atoms with van der Waals surface area (Å²) in [7, 11) is 0. The van der Waals surface area contributed by atoms with Crippen molar-refractivity contribution >= 4 is 34.4 Å². The zero-order valence-electron chi connectivity index (χ0n) is 5.34. The van der Waals surface area contributed by atoms with E-state index in [0.29, 0.717) is 9.26 Å². The van der Waals surface area contributed by atoms with Crippen LogP contribution in [0.1, 0.15) is 0 Å². The first-order chi connectivity index (χ1) is 5.25. The molecule has 0 spiro atoms. The van der Waals surface area contributed by atoms with E-state index in [4.69, 9.17) is 0 Å². The first kappa shape index (κ1) is 8.36. The highest BCUT2D eigenvalue weighted by molar-refractivity contribution is 14.1. The minimum atomic E-state index is -0.373. The van der Waals surface area contributed by atoms with Crippen LogP contribution in [0.3, 0.4) is 0 Å². The molecule has 0 aliphatic rings. The second-order valence-electron chi connectivity index (χ2n) is 1.78. The minimum Gasteiger partial charge on any atom is -0.211 e. The van der Waals surface area contributed by atoms with E-state index in [-0.39, 0.29) is 5.82 Å². The van der Waals surface area contributed by atoms with Gasteiger partial charge in [0.25, 0.3) is 0 Å². The van der Waals surface area contributed by atoms with Gasteiger partial charge in [-0.25, -0.2) is 9.18 Å². The first-order valence-electron chi connectivity index (χ1n) is 2.77. The average molecular weight is 263 g/mol. The van der Waals surface area contributed by atoms with Gasteiger partial charge in [0, 0.05) is 0 Å². The van der Waals surface area contributed by atoms with Gasteiger partial charge in [-0.3, -0.25) is 0 Å². The monoisotopic (exact) mass is 263 g/mol. The van der Waals surface area contributed by atoms with Gasteiger partial charge in [-0.2, -0.15) is 4.99 Å². The molecule has 0 saturated heterocycles. The summed E-state index contributed by atoms with van der Waals surface area (Å²) in [5, 5.41) is 0. The summed E-state index contributed by atoms with van der Waals surface area (Å²) >= 11 is 1.78. The molecule has 4 heteroatoms. The molecule has 0 atom stereocenters. The summed E-state index contributed by atoms with van der Waals surface area (Å²) in [5.41, 5.74) is 0.320. The number of nitrogens with zero attached hydrogens (tertiary/aromatic N) is 1. The topological polar surface area (TPSA) is 29.4 Å². The van der Waals surface area contributed by atoms with Crippen molar-refractivity contribution in [2.24, 2.45) is 4.99 Å². The largest absolute Gasteiger partial charge is 0.240 e. The predicted octanol–water partition coefficient (Wildman–Crippen LogP) is 2.40. The van der Waals surface area contributed by atoms with E-state index in [1.54, 1.807) is 28.7 Å². The second kappa shape index (κ2) is 3.59. The van der Waals surface area contributed by atoms with Gasteiger partial charge in [-0.1, -0.05) is 6.07 Å². The summed E-state index contributed by atoms with van der Waals surface area (Å²) in [6.45, 7) is 0. The molecule has 11 heavy (non-hydrogen) atoms. The number of hydrogen-bond acceptors (Lipinski definition) is 2. The maximum atomic E-state index is 12.7.